The van der Waals surface area contributed by atoms with Gasteiger partial charge in [0.15, 0.2) is 0 Å². The van der Waals surface area contributed by atoms with Crippen LogP contribution < -0.4 is 0 Å². The van der Waals surface area contributed by atoms with E-state index in [1.54, 1.807) is 17.0 Å². The van der Waals surface area contributed by atoms with Crippen molar-refractivity contribution < 1.29 is 13.2 Å². The Morgan fingerprint density at radius 3 is 2.53 bits per heavy atom. The first-order valence-electron chi connectivity index (χ1n) is 10.1. The van der Waals surface area contributed by atoms with Crippen molar-refractivity contribution in [3.05, 3.63) is 53.9 Å². The number of carbonyl (C=O) groups excluding carboxylic acids is 1. The van der Waals surface area contributed by atoms with Crippen molar-refractivity contribution in [3.8, 4) is 6.07 Å². The van der Waals surface area contributed by atoms with Crippen LogP contribution in [0.4, 0.5) is 0 Å². The van der Waals surface area contributed by atoms with E-state index in [0.29, 0.717) is 19.6 Å². The van der Waals surface area contributed by atoms with Gasteiger partial charge in [-0.2, -0.15) is 9.57 Å². The predicted octanol–water partition coefficient (Wildman–Crippen LogP) is 1.27. The molecule has 158 valence electrons. The highest BCUT2D eigenvalue weighted by molar-refractivity contribution is 7.89. The Hall–Kier alpha value is -2.67. The average Bonchev–Trinajstić information content (AvgIpc) is 3.25. The zero-order chi connectivity index (χ0) is 21.3. The Balaban J connectivity index is 1.38. The molecule has 1 atom stereocenters. The van der Waals surface area contributed by atoms with E-state index in [1.807, 2.05) is 12.1 Å². The number of nitriles is 1. The van der Waals surface area contributed by atoms with E-state index in [2.05, 4.69) is 28.7 Å². The highest BCUT2D eigenvalue weighted by Crippen LogP contribution is 2.25. The molecule has 1 amide bonds. The van der Waals surface area contributed by atoms with Gasteiger partial charge in [-0.3, -0.25) is 9.69 Å². The third-order valence-corrected chi connectivity index (χ3v) is 7.98. The van der Waals surface area contributed by atoms with Crippen LogP contribution in [0, 0.1) is 11.3 Å². The number of amides is 1. The Morgan fingerprint density at radius 2 is 1.80 bits per heavy atom. The number of nitrogens with zero attached hydrogens (tertiary/aromatic N) is 5. The second-order valence-electron chi connectivity index (χ2n) is 7.67. The summed E-state index contributed by atoms with van der Waals surface area (Å²) in [6, 6.07) is 12.5. The van der Waals surface area contributed by atoms with Gasteiger partial charge in [0.1, 0.15) is 6.07 Å². The summed E-state index contributed by atoms with van der Waals surface area (Å²) in [6.07, 6.45) is 2.06. The highest BCUT2D eigenvalue weighted by atomic mass is 32.2. The minimum absolute atomic E-state index is 0.0244. The molecule has 9 heteroatoms. The fraction of sp³-hybridized carbons (Fsp3) is 0.429. The Morgan fingerprint density at radius 1 is 1.07 bits per heavy atom. The first-order chi connectivity index (χ1) is 14.4. The van der Waals surface area contributed by atoms with Crippen molar-refractivity contribution >= 4 is 15.9 Å². The van der Waals surface area contributed by atoms with Crippen molar-refractivity contribution in [1.29, 1.82) is 5.26 Å². The fourth-order valence-electron chi connectivity index (χ4n) is 4.22. The largest absolute Gasteiger partial charge is 0.349 e. The minimum Gasteiger partial charge on any atom is -0.349 e. The van der Waals surface area contributed by atoms with Crippen molar-refractivity contribution in [1.82, 2.24) is 18.7 Å². The Labute approximate surface area is 177 Å². The molecule has 2 aliphatic heterocycles. The number of carbonyl (C=O) groups is 1. The summed E-state index contributed by atoms with van der Waals surface area (Å²) in [5.41, 5.74) is 1.35. The van der Waals surface area contributed by atoms with Crippen LogP contribution in [0.3, 0.4) is 0 Å². The lowest BCUT2D eigenvalue weighted by Gasteiger charge is -2.38. The molecule has 8 nitrogen and oxygen atoms in total. The number of benzene rings is 1. The minimum atomic E-state index is -3.76. The van der Waals surface area contributed by atoms with Gasteiger partial charge in [0.05, 0.1) is 17.0 Å². The quantitative estimate of drug-likeness (QED) is 0.733. The van der Waals surface area contributed by atoms with Gasteiger partial charge in [0.2, 0.25) is 15.9 Å². The summed E-state index contributed by atoms with van der Waals surface area (Å²) in [7, 11) is -3.76. The molecule has 2 aromatic rings. The molecule has 1 fully saturated rings. The molecule has 3 heterocycles. The number of rotatable bonds is 4. The van der Waals surface area contributed by atoms with E-state index in [0.717, 1.165) is 13.1 Å². The molecular formula is C21H25N5O3S. The van der Waals surface area contributed by atoms with Crippen LogP contribution in [0.5, 0.6) is 0 Å². The molecule has 4 rings (SSSR count). The van der Waals surface area contributed by atoms with E-state index in [4.69, 9.17) is 0 Å². The average molecular weight is 428 g/mol. The Kier molecular flexibility index (Phi) is 5.64. The van der Waals surface area contributed by atoms with Crippen LogP contribution in [-0.4, -0.2) is 72.3 Å². The summed E-state index contributed by atoms with van der Waals surface area (Å²) in [5.74, 6) is 0.0244. The zero-order valence-electron chi connectivity index (χ0n) is 16.9. The van der Waals surface area contributed by atoms with Crippen molar-refractivity contribution in [2.24, 2.45) is 0 Å². The molecule has 0 saturated carbocycles. The van der Waals surface area contributed by atoms with Gasteiger partial charge in [-0.25, -0.2) is 8.42 Å². The van der Waals surface area contributed by atoms with E-state index >= 15 is 0 Å². The molecule has 30 heavy (non-hydrogen) atoms. The highest BCUT2D eigenvalue weighted by Gasteiger charge is 2.33. The molecule has 0 spiro atoms. The molecule has 0 N–H and O–H groups in total. The maximum absolute atomic E-state index is 13.0. The van der Waals surface area contributed by atoms with Gasteiger partial charge in [-0.15, -0.1) is 0 Å². The van der Waals surface area contributed by atoms with Crippen LogP contribution >= 0.6 is 0 Å². The van der Waals surface area contributed by atoms with Crippen LogP contribution in [0.1, 0.15) is 24.2 Å². The molecule has 1 aromatic carbocycles. The lowest BCUT2D eigenvalue weighted by atomic mass is 10.1. The molecular weight excluding hydrogens is 402 g/mol. The Bertz CT molecular complexity index is 1080. The van der Waals surface area contributed by atoms with Crippen molar-refractivity contribution in [2.45, 2.75) is 24.4 Å². The molecule has 1 unspecified atom stereocenters. The monoisotopic (exact) mass is 427 g/mol. The van der Waals surface area contributed by atoms with Gasteiger partial charge in [0, 0.05) is 57.2 Å². The third kappa shape index (κ3) is 3.74. The van der Waals surface area contributed by atoms with Gasteiger partial charge in [0.25, 0.3) is 0 Å². The maximum Gasteiger partial charge on any atom is 0.244 e. The van der Waals surface area contributed by atoms with Gasteiger partial charge in [-0.1, -0.05) is 12.1 Å². The molecule has 1 aromatic heterocycles. The number of fused-ring (bicyclic) bond motifs is 1. The maximum atomic E-state index is 13.0. The van der Waals surface area contributed by atoms with Crippen LogP contribution in [0.15, 0.2) is 47.5 Å². The van der Waals surface area contributed by atoms with Crippen LogP contribution in [0.2, 0.25) is 0 Å². The SMILES string of the molecule is CC1c2cccn2CCN1CC(=O)N1CCN(S(=O)(=O)c2ccccc2C#N)CC1. The van der Waals surface area contributed by atoms with E-state index < -0.39 is 10.0 Å². The smallest absolute Gasteiger partial charge is 0.244 e. The number of hydrogen-bond acceptors (Lipinski definition) is 5. The summed E-state index contributed by atoms with van der Waals surface area (Å²) in [5, 5.41) is 9.23. The zero-order valence-corrected chi connectivity index (χ0v) is 17.8. The van der Waals surface area contributed by atoms with Gasteiger partial charge < -0.3 is 9.47 Å². The topological polar surface area (TPSA) is 89.7 Å². The fourth-order valence-corrected chi connectivity index (χ4v) is 5.78. The lowest BCUT2D eigenvalue weighted by Crippen LogP contribution is -2.53. The first kappa shape index (κ1) is 20.6. The van der Waals surface area contributed by atoms with Gasteiger partial charge in [-0.05, 0) is 31.2 Å². The van der Waals surface area contributed by atoms with Crippen LogP contribution in [-0.2, 0) is 21.4 Å². The molecule has 0 bridgehead atoms. The lowest BCUT2D eigenvalue weighted by molar-refractivity contribution is -0.134. The predicted molar refractivity (Wildman–Crippen MR) is 111 cm³/mol. The van der Waals surface area contributed by atoms with E-state index in [-0.39, 0.29) is 35.5 Å². The number of sulfonamides is 1. The molecule has 0 radical (unpaired) electrons. The third-order valence-electron chi connectivity index (χ3n) is 6.02. The number of piperazine rings is 1. The second kappa shape index (κ2) is 8.22. The first-order valence-corrected chi connectivity index (χ1v) is 11.5. The van der Waals surface area contributed by atoms with Gasteiger partial charge >= 0.3 is 0 Å². The molecule has 1 saturated heterocycles. The molecule has 0 aliphatic carbocycles. The summed E-state index contributed by atoms with van der Waals surface area (Å²) >= 11 is 0. The summed E-state index contributed by atoms with van der Waals surface area (Å²) < 4.78 is 29.5. The van der Waals surface area contributed by atoms with Crippen molar-refractivity contribution in [3.63, 3.8) is 0 Å². The normalized spacial score (nSPS) is 20.5. The number of aromatic nitrogens is 1. The summed E-state index contributed by atoms with van der Waals surface area (Å²) in [6.45, 7) is 5.28. The summed E-state index contributed by atoms with van der Waals surface area (Å²) in [4.78, 5) is 16.8. The van der Waals surface area contributed by atoms with E-state index in [1.165, 1.54) is 22.1 Å². The second-order valence-corrected chi connectivity index (χ2v) is 9.57. The van der Waals surface area contributed by atoms with Crippen molar-refractivity contribution in [2.75, 3.05) is 39.3 Å². The standard InChI is InChI=1S/C21H25N5O3S/c1-17-19-6-4-8-23(19)9-10-25(17)16-21(27)24-11-13-26(14-12-24)30(28,29)20-7-3-2-5-18(20)15-22/h2-8,17H,9-14,16H2,1H3. The molecule has 2 aliphatic rings. The van der Waals surface area contributed by atoms with Crippen LogP contribution in [0.25, 0.3) is 0 Å². The number of hydrogen-bond donors (Lipinski definition) is 0. The van der Waals surface area contributed by atoms with E-state index in [9.17, 15) is 18.5 Å².